The standard InChI is InChI=1S/C25H16Cl5F2N3O3/c1-10(36)33-22-17(31)6-7-18(21(22)32)35-23(37)13-9-12(3-5-14(13)26)34-24(38)20-19(25(20,29)30)11-2-4-15(27)16(28)8-11/h2-9,19-20H,1H3,(H,33,36)(H,34,38)(H,35,37)/t19-,20+/m0/s1. The van der Waals surface area contributed by atoms with Crippen LogP contribution in [-0.2, 0) is 9.59 Å². The van der Waals surface area contributed by atoms with Crippen molar-refractivity contribution in [1.29, 1.82) is 0 Å². The van der Waals surface area contributed by atoms with Crippen LogP contribution < -0.4 is 16.0 Å². The second-order valence-electron chi connectivity index (χ2n) is 8.41. The lowest BCUT2D eigenvalue weighted by Crippen LogP contribution is -2.19. The fourth-order valence-corrected chi connectivity index (χ4v) is 5.24. The van der Waals surface area contributed by atoms with Crippen molar-refractivity contribution in [2.24, 2.45) is 5.92 Å². The number of carbonyl (C=O) groups excluding carboxylic acids is 3. The van der Waals surface area contributed by atoms with Gasteiger partial charge in [0, 0.05) is 18.5 Å². The zero-order valence-electron chi connectivity index (χ0n) is 19.1. The van der Waals surface area contributed by atoms with Crippen LogP contribution in [0.1, 0.15) is 28.8 Å². The second kappa shape index (κ2) is 10.9. The van der Waals surface area contributed by atoms with Crippen LogP contribution in [0.25, 0.3) is 0 Å². The molecule has 0 aliphatic heterocycles. The number of alkyl halides is 2. The molecule has 1 aliphatic rings. The molecule has 38 heavy (non-hydrogen) atoms. The molecule has 0 heterocycles. The molecule has 0 unspecified atom stereocenters. The summed E-state index contributed by atoms with van der Waals surface area (Å²) in [5, 5.41) is 7.58. The fourth-order valence-electron chi connectivity index (χ4n) is 3.90. The number of benzene rings is 3. The molecule has 3 aromatic rings. The smallest absolute Gasteiger partial charge is 0.257 e. The number of hydrogen-bond acceptors (Lipinski definition) is 3. The molecule has 3 aromatic carbocycles. The summed E-state index contributed by atoms with van der Waals surface area (Å²) >= 11 is 31.0. The van der Waals surface area contributed by atoms with Crippen LogP contribution in [0, 0.1) is 17.6 Å². The van der Waals surface area contributed by atoms with E-state index in [1.807, 2.05) is 5.32 Å². The number of amides is 3. The summed E-state index contributed by atoms with van der Waals surface area (Å²) in [4.78, 5) is 37.1. The third kappa shape index (κ3) is 5.70. The van der Waals surface area contributed by atoms with Gasteiger partial charge < -0.3 is 16.0 Å². The average molecular weight is 622 g/mol. The SMILES string of the molecule is CC(=O)Nc1c(F)ccc(NC(=O)c2cc(NC(=O)[C@H]3[C@H](c4ccc(Cl)c(Cl)c4)C3(Cl)Cl)ccc2Cl)c1F. The number of rotatable bonds is 6. The number of halogens is 7. The third-order valence-electron chi connectivity index (χ3n) is 5.76. The monoisotopic (exact) mass is 619 g/mol. The molecule has 2 atom stereocenters. The van der Waals surface area contributed by atoms with Gasteiger partial charge in [-0.2, -0.15) is 0 Å². The largest absolute Gasteiger partial charge is 0.326 e. The van der Waals surface area contributed by atoms with Crippen LogP contribution in [-0.4, -0.2) is 22.1 Å². The molecule has 0 bridgehead atoms. The van der Waals surface area contributed by atoms with Crippen LogP contribution in [0.3, 0.4) is 0 Å². The van der Waals surface area contributed by atoms with Crippen molar-refractivity contribution in [2.75, 3.05) is 16.0 Å². The molecular weight excluding hydrogens is 606 g/mol. The highest BCUT2D eigenvalue weighted by molar-refractivity contribution is 6.53. The normalized spacial score (nSPS) is 17.5. The van der Waals surface area contributed by atoms with Gasteiger partial charge in [-0.3, -0.25) is 14.4 Å². The van der Waals surface area contributed by atoms with Crippen molar-refractivity contribution in [1.82, 2.24) is 0 Å². The molecule has 3 N–H and O–H groups in total. The molecule has 0 saturated heterocycles. The summed E-state index contributed by atoms with van der Waals surface area (Å²) in [6.07, 6.45) is 0. The van der Waals surface area contributed by atoms with E-state index in [0.717, 1.165) is 19.1 Å². The maximum atomic E-state index is 14.7. The quantitative estimate of drug-likeness (QED) is 0.247. The molecule has 4 rings (SSSR count). The van der Waals surface area contributed by atoms with Crippen molar-refractivity contribution < 1.29 is 23.2 Å². The van der Waals surface area contributed by atoms with Crippen LogP contribution in [0.15, 0.2) is 48.5 Å². The predicted octanol–water partition coefficient (Wildman–Crippen LogP) is 7.66. The first kappa shape index (κ1) is 28.4. The molecule has 3 amide bonds. The highest BCUT2D eigenvalue weighted by Crippen LogP contribution is 2.65. The molecule has 0 spiro atoms. The molecule has 1 fully saturated rings. The lowest BCUT2D eigenvalue weighted by atomic mass is 10.1. The Morgan fingerprint density at radius 3 is 2.18 bits per heavy atom. The summed E-state index contributed by atoms with van der Waals surface area (Å²) in [6.45, 7) is 1.08. The summed E-state index contributed by atoms with van der Waals surface area (Å²) in [5.74, 6) is -5.68. The van der Waals surface area contributed by atoms with Crippen LogP contribution in [0.4, 0.5) is 25.8 Å². The highest BCUT2D eigenvalue weighted by atomic mass is 35.5. The minimum atomic E-state index is -1.40. The Bertz CT molecular complexity index is 1480. The minimum Gasteiger partial charge on any atom is -0.326 e. The van der Waals surface area contributed by atoms with Gasteiger partial charge >= 0.3 is 0 Å². The first-order valence-corrected chi connectivity index (χ1v) is 12.7. The van der Waals surface area contributed by atoms with Gasteiger partial charge in [-0.15, -0.1) is 23.2 Å². The van der Waals surface area contributed by atoms with Gasteiger partial charge in [-0.05, 0) is 48.0 Å². The molecule has 198 valence electrons. The summed E-state index contributed by atoms with van der Waals surface area (Å²) in [6, 6.07) is 10.8. The Morgan fingerprint density at radius 1 is 0.842 bits per heavy atom. The van der Waals surface area contributed by atoms with E-state index < -0.39 is 56.9 Å². The molecule has 0 aromatic heterocycles. The Morgan fingerprint density at radius 2 is 1.53 bits per heavy atom. The van der Waals surface area contributed by atoms with Crippen molar-refractivity contribution in [3.8, 4) is 0 Å². The Balaban J connectivity index is 1.52. The van der Waals surface area contributed by atoms with E-state index >= 15 is 0 Å². The number of hydrogen-bond donors (Lipinski definition) is 3. The van der Waals surface area contributed by atoms with E-state index in [-0.39, 0.29) is 21.3 Å². The molecule has 6 nitrogen and oxygen atoms in total. The average Bonchev–Trinajstić information content (AvgIpc) is 3.43. The Hall–Kier alpha value is -2.62. The maximum absolute atomic E-state index is 14.7. The fraction of sp³-hybridized carbons (Fsp3) is 0.160. The van der Waals surface area contributed by atoms with Gasteiger partial charge in [0.15, 0.2) is 5.82 Å². The van der Waals surface area contributed by atoms with Crippen molar-refractivity contribution >= 4 is 92.8 Å². The van der Waals surface area contributed by atoms with Gasteiger partial charge in [0.2, 0.25) is 11.8 Å². The maximum Gasteiger partial charge on any atom is 0.257 e. The van der Waals surface area contributed by atoms with E-state index in [4.69, 9.17) is 58.0 Å². The number of nitrogens with one attached hydrogen (secondary N) is 3. The van der Waals surface area contributed by atoms with Crippen LogP contribution in [0.5, 0.6) is 0 Å². The molecule has 0 radical (unpaired) electrons. The van der Waals surface area contributed by atoms with Gasteiger partial charge in [-0.25, -0.2) is 8.78 Å². The third-order valence-corrected chi connectivity index (χ3v) is 7.77. The zero-order chi connectivity index (χ0) is 27.9. The summed E-state index contributed by atoms with van der Waals surface area (Å²) in [7, 11) is 0. The van der Waals surface area contributed by atoms with E-state index in [9.17, 15) is 23.2 Å². The van der Waals surface area contributed by atoms with Crippen molar-refractivity contribution in [3.63, 3.8) is 0 Å². The Labute approximate surface area is 240 Å². The number of anilines is 3. The molecular formula is C25H16Cl5F2N3O3. The summed E-state index contributed by atoms with van der Waals surface area (Å²) < 4.78 is 27.2. The molecule has 13 heteroatoms. The van der Waals surface area contributed by atoms with E-state index in [0.29, 0.717) is 10.6 Å². The highest BCUT2D eigenvalue weighted by Gasteiger charge is 2.67. The molecule has 1 aliphatic carbocycles. The Kier molecular flexibility index (Phi) is 8.12. The zero-order valence-corrected chi connectivity index (χ0v) is 22.9. The second-order valence-corrected chi connectivity index (χ2v) is 11.1. The van der Waals surface area contributed by atoms with Gasteiger partial charge in [0.05, 0.1) is 32.2 Å². The van der Waals surface area contributed by atoms with E-state index in [2.05, 4.69) is 10.6 Å². The van der Waals surface area contributed by atoms with Crippen molar-refractivity contribution in [3.05, 3.63) is 86.4 Å². The number of carbonyl (C=O) groups is 3. The molecule has 1 saturated carbocycles. The lowest BCUT2D eigenvalue weighted by molar-refractivity contribution is -0.117. The summed E-state index contributed by atoms with van der Waals surface area (Å²) in [5.41, 5.74) is -0.419. The van der Waals surface area contributed by atoms with Crippen LogP contribution in [0.2, 0.25) is 15.1 Å². The van der Waals surface area contributed by atoms with Gasteiger partial charge in [0.1, 0.15) is 15.8 Å². The first-order valence-electron chi connectivity index (χ1n) is 10.8. The van der Waals surface area contributed by atoms with Gasteiger partial charge in [0.25, 0.3) is 5.91 Å². The predicted molar refractivity (Wildman–Crippen MR) is 146 cm³/mol. The van der Waals surface area contributed by atoms with E-state index in [1.54, 1.807) is 18.2 Å². The van der Waals surface area contributed by atoms with E-state index in [1.165, 1.54) is 18.2 Å². The van der Waals surface area contributed by atoms with Crippen LogP contribution >= 0.6 is 58.0 Å². The minimum absolute atomic E-state index is 0.00533. The topological polar surface area (TPSA) is 87.3 Å². The lowest BCUT2D eigenvalue weighted by Gasteiger charge is -2.13. The first-order chi connectivity index (χ1) is 17.8. The van der Waals surface area contributed by atoms with Crippen molar-refractivity contribution in [2.45, 2.75) is 17.2 Å². The van der Waals surface area contributed by atoms with Gasteiger partial charge in [-0.1, -0.05) is 40.9 Å².